The van der Waals surface area contributed by atoms with Crippen LogP contribution in [0.1, 0.15) is 65.7 Å². The van der Waals surface area contributed by atoms with Crippen molar-refractivity contribution in [1.82, 2.24) is 0 Å². The van der Waals surface area contributed by atoms with Gasteiger partial charge in [-0.15, -0.1) is 0 Å². The van der Waals surface area contributed by atoms with E-state index in [4.69, 9.17) is 9.16 Å². The van der Waals surface area contributed by atoms with Gasteiger partial charge in [0.1, 0.15) is 0 Å². The molecule has 0 heterocycles. The van der Waals surface area contributed by atoms with Crippen LogP contribution in [-0.2, 0) is 9.16 Å². The summed E-state index contributed by atoms with van der Waals surface area (Å²) >= 11 is 0. The van der Waals surface area contributed by atoms with Gasteiger partial charge in [0.25, 0.3) is 8.32 Å². The molecule has 0 aliphatic heterocycles. The standard InChI is InChI=1S/C15H32O3Si/c1-5-8-9-10-11-12-13-14-17-15(16)18-19(4,6-2)7-3/h5-14H2,1-4H3. The number of ether oxygens (including phenoxy) is 1. The summed E-state index contributed by atoms with van der Waals surface area (Å²) in [5.41, 5.74) is 0. The predicted molar refractivity (Wildman–Crippen MR) is 83.0 cm³/mol. The van der Waals surface area contributed by atoms with Crippen LogP contribution >= 0.6 is 0 Å². The lowest BCUT2D eigenvalue weighted by Crippen LogP contribution is -2.35. The van der Waals surface area contributed by atoms with Gasteiger partial charge >= 0.3 is 6.16 Å². The Morgan fingerprint density at radius 1 is 0.895 bits per heavy atom. The molecule has 0 saturated heterocycles. The monoisotopic (exact) mass is 288 g/mol. The maximum atomic E-state index is 11.5. The average Bonchev–Trinajstić information content (AvgIpc) is 2.41. The fourth-order valence-corrected chi connectivity index (χ4v) is 3.09. The zero-order valence-electron chi connectivity index (χ0n) is 13.3. The molecule has 0 aliphatic carbocycles. The van der Waals surface area contributed by atoms with Crippen LogP contribution in [0.15, 0.2) is 0 Å². The Morgan fingerprint density at radius 3 is 1.95 bits per heavy atom. The molecule has 0 aromatic rings. The first-order chi connectivity index (χ1) is 9.08. The summed E-state index contributed by atoms with van der Waals surface area (Å²) in [6, 6.07) is 1.91. The molecule has 0 rings (SSSR count). The van der Waals surface area contributed by atoms with Crippen molar-refractivity contribution in [3.63, 3.8) is 0 Å². The zero-order valence-corrected chi connectivity index (χ0v) is 14.3. The Labute approximate surface area is 120 Å². The van der Waals surface area contributed by atoms with E-state index >= 15 is 0 Å². The van der Waals surface area contributed by atoms with E-state index in [1.54, 1.807) is 0 Å². The molecule has 0 aromatic heterocycles. The molecule has 0 saturated carbocycles. The summed E-state index contributed by atoms with van der Waals surface area (Å²) in [6.07, 6.45) is 8.14. The van der Waals surface area contributed by atoms with Crippen LogP contribution in [0.5, 0.6) is 0 Å². The molecule has 0 atom stereocenters. The quantitative estimate of drug-likeness (QED) is 0.286. The van der Waals surface area contributed by atoms with Crippen molar-refractivity contribution < 1.29 is 14.0 Å². The highest BCUT2D eigenvalue weighted by Crippen LogP contribution is 2.17. The molecule has 0 fully saturated rings. The molecule has 0 N–H and O–H groups in total. The molecule has 0 radical (unpaired) electrons. The predicted octanol–water partition coefficient (Wildman–Crippen LogP) is 5.51. The van der Waals surface area contributed by atoms with Crippen LogP contribution in [0.25, 0.3) is 0 Å². The van der Waals surface area contributed by atoms with Crippen LogP contribution in [0.2, 0.25) is 18.6 Å². The molecule has 0 aromatic carbocycles. The first-order valence-corrected chi connectivity index (χ1v) is 10.8. The third-order valence-electron chi connectivity index (χ3n) is 3.79. The Hall–Kier alpha value is -0.513. The Bertz CT molecular complexity index is 227. The first-order valence-electron chi connectivity index (χ1n) is 7.93. The maximum Gasteiger partial charge on any atom is 0.494 e. The van der Waals surface area contributed by atoms with Gasteiger partial charge in [-0.05, 0) is 25.1 Å². The van der Waals surface area contributed by atoms with Crippen molar-refractivity contribution in [2.45, 2.75) is 84.4 Å². The molecule has 0 unspecified atom stereocenters. The Morgan fingerprint density at radius 2 is 1.42 bits per heavy atom. The van der Waals surface area contributed by atoms with Crippen molar-refractivity contribution in [3.05, 3.63) is 0 Å². The van der Waals surface area contributed by atoms with E-state index in [0.717, 1.165) is 24.9 Å². The minimum absolute atomic E-state index is 0.455. The summed E-state index contributed by atoms with van der Waals surface area (Å²) < 4.78 is 10.6. The fraction of sp³-hybridized carbons (Fsp3) is 0.933. The highest BCUT2D eigenvalue weighted by Gasteiger charge is 2.29. The molecule has 114 valence electrons. The summed E-state index contributed by atoms with van der Waals surface area (Å²) in [4.78, 5) is 11.5. The summed E-state index contributed by atoms with van der Waals surface area (Å²) in [5, 5.41) is 0. The first kappa shape index (κ1) is 18.5. The van der Waals surface area contributed by atoms with Gasteiger partial charge in [-0.1, -0.05) is 59.3 Å². The third-order valence-corrected chi connectivity index (χ3v) is 7.44. The number of carbonyl (C=O) groups excluding carboxylic acids is 1. The summed E-state index contributed by atoms with van der Waals surface area (Å²) in [7, 11) is -1.83. The van der Waals surface area contributed by atoms with Crippen molar-refractivity contribution >= 4 is 14.5 Å². The highest BCUT2D eigenvalue weighted by atomic mass is 28.4. The Kier molecular flexibility index (Phi) is 11.0. The van der Waals surface area contributed by atoms with E-state index in [1.807, 2.05) is 0 Å². The second kappa shape index (κ2) is 11.3. The van der Waals surface area contributed by atoms with Crippen LogP contribution in [0.3, 0.4) is 0 Å². The SMILES string of the molecule is CCCCCCCCCOC(=O)O[Si](C)(CC)CC. The minimum atomic E-state index is -1.83. The van der Waals surface area contributed by atoms with E-state index < -0.39 is 14.5 Å². The normalized spacial score (nSPS) is 11.4. The third kappa shape index (κ3) is 9.99. The lowest BCUT2D eigenvalue weighted by Gasteiger charge is -2.23. The topological polar surface area (TPSA) is 35.5 Å². The molecule has 0 bridgehead atoms. The van der Waals surface area contributed by atoms with Crippen molar-refractivity contribution in [1.29, 1.82) is 0 Å². The van der Waals surface area contributed by atoms with E-state index in [-0.39, 0.29) is 0 Å². The molecule has 0 spiro atoms. The van der Waals surface area contributed by atoms with Crippen LogP contribution < -0.4 is 0 Å². The van der Waals surface area contributed by atoms with Crippen molar-refractivity contribution in [3.8, 4) is 0 Å². The van der Waals surface area contributed by atoms with Crippen molar-refractivity contribution in [2.24, 2.45) is 0 Å². The average molecular weight is 289 g/mol. The molecule has 0 amide bonds. The second-order valence-electron chi connectivity index (χ2n) is 5.48. The minimum Gasteiger partial charge on any atom is -0.489 e. The highest BCUT2D eigenvalue weighted by molar-refractivity contribution is 6.73. The van der Waals surface area contributed by atoms with Crippen LogP contribution in [-0.4, -0.2) is 21.1 Å². The van der Waals surface area contributed by atoms with Crippen molar-refractivity contribution in [2.75, 3.05) is 6.61 Å². The zero-order chi connectivity index (χ0) is 14.6. The van der Waals surface area contributed by atoms with Gasteiger partial charge in [0, 0.05) is 0 Å². The molecular formula is C15H32O3Si. The van der Waals surface area contributed by atoms with E-state index in [2.05, 4.69) is 27.3 Å². The lowest BCUT2D eigenvalue weighted by molar-refractivity contribution is 0.0943. The van der Waals surface area contributed by atoms with E-state index in [0.29, 0.717) is 6.61 Å². The van der Waals surface area contributed by atoms with Gasteiger partial charge in [-0.3, -0.25) is 0 Å². The molecule has 0 aliphatic rings. The van der Waals surface area contributed by atoms with Crippen LogP contribution in [0, 0.1) is 0 Å². The van der Waals surface area contributed by atoms with Gasteiger partial charge in [0.15, 0.2) is 0 Å². The molecular weight excluding hydrogens is 256 g/mol. The van der Waals surface area contributed by atoms with Gasteiger partial charge in [-0.25, -0.2) is 4.79 Å². The van der Waals surface area contributed by atoms with Gasteiger partial charge < -0.3 is 9.16 Å². The van der Waals surface area contributed by atoms with Gasteiger partial charge in [-0.2, -0.15) is 0 Å². The molecule has 4 heteroatoms. The number of rotatable bonds is 11. The van der Waals surface area contributed by atoms with Crippen LogP contribution in [0.4, 0.5) is 4.79 Å². The maximum absolute atomic E-state index is 11.5. The summed E-state index contributed by atoms with van der Waals surface area (Å²) in [6.45, 7) is 8.98. The van der Waals surface area contributed by atoms with Gasteiger partial charge in [0.2, 0.25) is 0 Å². The largest absolute Gasteiger partial charge is 0.494 e. The lowest BCUT2D eigenvalue weighted by atomic mass is 10.1. The Balaban J connectivity index is 3.48. The molecule has 3 nitrogen and oxygen atoms in total. The van der Waals surface area contributed by atoms with E-state index in [1.165, 1.54) is 32.1 Å². The second-order valence-corrected chi connectivity index (χ2v) is 10.00. The fourth-order valence-electron chi connectivity index (χ4n) is 1.84. The van der Waals surface area contributed by atoms with E-state index in [9.17, 15) is 4.79 Å². The van der Waals surface area contributed by atoms with Gasteiger partial charge in [0.05, 0.1) is 6.61 Å². The number of hydrogen-bond donors (Lipinski definition) is 0. The number of unbranched alkanes of at least 4 members (excludes halogenated alkanes) is 6. The number of hydrogen-bond acceptors (Lipinski definition) is 3. The summed E-state index contributed by atoms with van der Waals surface area (Å²) in [5.74, 6) is 0. The molecule has 19 heavy (non-hydrogen) atoms. The smallest absolute Gasteiger partial charge is 0.489 e. The number of carbonyl (C=O) groups is 1.